The third-order valence-electron chi connectivity index (χ3n) is 2.37. The fourth-order valence-corrected chi connectivity index (χ4v) is 1.29. The first-order valence-corrected chi connectivity index (χ1v) is 5.72. The zero-order chi connectivity index (χ0) is 9.36. The summed E-state index contributed by atoms with van der Waals surface area (Å²) in [6.45, 7) is 6.49. The Bertz CT molecular complexity index is 113. The molecule has 0 saturated heterocycles. The molecule has 0 spiro atoms. The lowest BCUT2D eigenvalue weighted by atomic mass is 10.3. The first-order valence-electron chi connectivity index (χ1n) is 5.72. The van der Waals surface area contributed by atoms with Gasteiger partial charge >= 0.3 is 0 Å². The van der Waals surface area contributed by atoms with E-state index in [4.69, 9.17) is 4.74 Å². The number of hydrogen-bond donors (Lipinski definition) is 1. The summed E-state index contributed by atoms with van der Waals surface area (Å²) in [5.41, 5.74) is 0. The van der Waals surface area contributed by atoms with E-state index in [0.717, 1.165) is 32.2 Å². The van der Waals surface area contributed by atoms with Crippen LogP contribution in [0.3, 0.4) is 0 Å². The van der Waals surface area contributed by atoms with E-state index >= 15 is 0 Å². The van der Waals surface area contributed by atoms with E-state index in [-0.39, 0.29) is 0 Å². The van der Waals surface area contributed by atoms with Crippen LogP contribution >= 0.6 is 0 Å². The molecule has 2 nitrogen and oxygen atoms in total. The molecular weight excluding hydrogens is 162 g/mol. The van der Waals surface area contributed by atoms with Crippen molar-refractivity contribution in [2.45, 2.75) is 39.0 Å². The van der Waals surface area contributed by atoms with Crippen molar-refractivity contribution in [1.29, 1.82) is 0 Å². The molecular formula is C11H23NO. The number of hydrogen-bond acceptors (Lipinski definition) is 2. The molecule has 0 bridgehead atoms. The van der Waals surface area contributed by atoms with E-state index < -0.39 is 0 Å². The van der Waals surface area contributed by atoms with Gasteiger partial charge in [0.1, 0.15) is 0 Å². The van der Waals surface area contributed by atoms with Crippen molar-refractivity contribution in [3.8, 4) is 0 Å². The fourth-order valence-electron chi connectivity index (χ4n) is 1.29. The average Bonchev–Trinajstić information content (AvgIpc) is 2.93. The van der Waals surface area contributed by atoms with Gasteiger partial charge in [-0.1, -0.05) is 6.92 Å². The van der Waals surface area contributed by atoms with Gasteiger partial charge < -0.3 is 10.1 Å². The number of rotatable bonds is 9. The van der Waals surface area contributed by atoms with Crippen LogP contribution in [0.1, 0.15) is 39.0 Å². The summed E-state index contributed by atoms with van der Waals surface area (Å²) in [6, 6.07) is 0. The molecule has 0 aliphatic heterocycles. The van der Waals surface area contributed by atoms with Crippen LogP contribution < -0.4 is 5.32 Å². The van der Waals surface area contributed by atoms with Gasteiger partial charge in [-0.3, -0.25) is 0 Å². The minimum Gasteiger partial charge on any atom is -0.381 e. The van der Waals surface area contributed by atoms with Crippen molar-refractivity contribution in [2.75, 3.05) is 26.3 Å². The molecule has 1 aliphatic carbocycles. The van der Waals surface area contributed by atoms with Gasteiger partial charge in [-0.15, -0.1) is 0 Å². The van der Waals surface area contributed by atoms with Gasteiger partial charge in [0.05, 0.1) is 0 Å². The molecule has 1 saturated carbocycles. The second-order valence-electron chi connectivity index (χ2n) is 3.98. The maximum Gasteiger partial charge on any atom is 0.0494 e. The summed E-state index contributed by atoms with van der Waals surface area (Å²) in [6.07, 6.45) is 6.50. The molecule has 1 fully saturated rings. The molecule has 0 heterocycles. The molecule has 0 unspecified atom stereocenters. The Morgan fingerprint density at radius 2 is 2.08 bits per heavy atom. The lowest BCUT2D eigenvalue weighted by Gasteiger charge is -2.03. The van der Waals surface area contributed by atoms with Crippen LogP contribution in [0.4, 0.5) is 0 Å². The fraction of sp³-hybridized carbons (Fsp3) is 1.00. The lowest BCUT2D eigenvalue weighted by Crippen LogP contribution is -2.16. The van der Waals surface area contributed by atoms with Crippen molar-refractivity contribution in [3.63, 3.8) is 0 Å². The van der Waals surface area contributed by atoms with Crippen LogP contribution in [0.15, 0.2) is 0 Å². The van der Waals surface area contributed by atoms with E-state index in [2.05, 4.69) is 12.2 Å². The Labute approximate surface area is 82.0 Å². The van der Waals surface area contributed by atoms with E-state index in [1.54, 1.807) is 0 Å². The first-order chi connectivity index (χ1) is 6.43. The molecule has 1 aliphatic rings. The van der Waals surface area contributed by atoms with Crippen LogP contribution in [0.2, 0.25) is 0 Å². The molecule has 0 atom stereocenters. The quantitative estimate of drug-likeness (QED) is 0.556. The SMILES string of the molecule is CCCNCCCCOCC1CC1. The standard InChI is InChI=1S/C11H23NO/c1-2-7-12-8-3-4-9-13-10-11-5-6-11/h11-12H,2-10H2,1H3. The summed E-state index contributed by atoms with van der Waals surface area (Å²) in [4.78, 5) is 0. The van der Waals surface area contributed by atoms with Gasteiger partial charge in [-0.25, -0.2) is 0 Å². The summed E-state index contributed by atoms with van der Waals surface area (Å²) in [5.74, 6) is 0.915. The summed E-state index contributed by atoms with van der Waals surface area (Å²) in [7, 11) is 0. The lowest BCUT2D eigenvalue weighted by molar-refractivity contribution is 0.121. The normalized spacial score (nSPS) is 16.4. The van der Waals surface area contributed by atoms with E-state index in [1.807, 2.05) is 0 Å². The molecule has 0 radical (unpaired) electrons. The smallest absolute Gasteiger partial charge is 0.0494 e. The number of ether oxygens (including phenoxy) is 1. The second kappa shape index (κ2) is 7.34. The molecule has 0 aromatic rings. The van der Waals surface area contributed by atoms with Gasteiger partial charge in [0.2, 0.25) is 0 Å². The largest absolute Gasteiger partial charge is 0.381 e. The zero-order valence-electron chi connectivity index (χ0n) is 8.85. The summed E-state index contributed by atoms with van der Waals surface area (Å²) < 4.78 is 5.54. The Balaban J connectivity index is 1.63. The third-order valence-corrected chi connectivity index (χ3v) is 2.37. The average molecular weight is 185 g/mol. The predicted octanol–water partition coefficient (Wildman–Crippen LogP) is 2.19. The topological polar surface area (TPSA) is 21.3 Å². The predicted molar refractivity (Wildman–Crippen MR) is 55.9 cm³/mol. The maximum absolute atomic E-state index is 5.54. The monoisotopic (exact) mass is 185 g/mol. The summed E-state index contributed by atoms with van der Waals surface area (Å²) in [5, 5.41) is 3.39. The number of nitrogens with one attached hydrogen (secondary N) is 1. The molecule has 1 N–H and O–H groups in total. The zero-order valence-corrected chi connectivity index (χ0v) is 8.85. The van der Waals surface area contributed by atoms with Crippen LogP contribution in [0.5, 0.6) is 0 Å². The Hall–Kier alpha value is -0.0800. The van der Waals surface area contributed by atoms with Crippen LogP contribution in [0.25, 0.3) is 0 Å². The maximum atomic E-state index is 5.54. The molecule has 0 aromatic heterocycles. The molecule has 0 amide bonds. The van der Waals surface area contributed by atoms with Gasteiger partial charge in [-0.05, 0) is 51.1 Å². The van der Waals surface area contributed by atoms with Crippen LogP contribution in [0, 0.1) is 5.92 Å². The minimum atomic E-state index is 0.915. The molecule has 2 heteroatoms. The molecule has 13 heavy (non-hydrogen) atoms. The van der Waals surface area contributed by atoms with Gasteiger partial charge in [0.25, 0.3) is 0 Å². The highest BCUT2D eigenvalue weighted by molar-refractivity contribution is 4.71. The van der Waals surface area contributed by atoms with Crippen molar-refractivity contribution < 1.29 is 4.74 Å². The van der Waals surface area contributed by atoms with Crippen molar-refractivity contribution in [1.82, 2.24) is 5.32 Å². The Morgan fingerprint density at radius 3 is 2.77 bits per heavy atom. The second-order valence-corrected chi connectivity index (χ2v) is 3.98. The van der Waals surface area contributed by atoms with Crippen LogP contribution in [-0.2, 0) is 4.74 Å². The minimum absolute atomic E-state index is 0.915. The van der Waals surface area contributed by atoms with E-state index in [9.17, 15) is 0 Å². The van der Waals surface area contributed by atoms with E-state index in [1.165, 1.54) is 32.1 Å². The molecule has 1 rings (SSSR count). The molecule has 0 aromatic carbocycles. The van der Waals surface area contributed by atoms with Crippen molar-refractivity contribution in [3.05, 3.63) is 0 Å². The van der Waals surface area contributed by atoms with Crippen molar-refractivity contribution >= 4 is 0 Å². The Kier molecular flexibility index (Phi) is 6.21. The van der Waals surface area contributed by atoms with Crippen molar-refractivity contribution in [2.24, 2.45) is 5.92 Å². The van der Waals surface area contributed by atoms with Gasteiger partial charge in [0.15, 0.2) is 0 Å². The highest BCUT2D eigenvalue weighted by Crippen LogP contribution is 2.28. The highest BCUT2D eigenvalue weighted by atomic mass is 16.5. The first kappa shape index (κ1) is 11.0. The Morgan fingerprint density at radius 1 is 1.23 bits per heavy atom. The number of unbranched alkanes of at least 4 members (excludes halogenated alkanes) is 1. The molecule has 78 valence electrons. The van der Waals surface area contributed by atoms with E-state index in [0.29, 0.717) is 0 Å². The highest BCUT2D eigenvalue weighted by Gasteiger charge is 2.20. The van der Waals surface area contributed by atoms with Gasteiger partial charge in [-0.2, -0.15) is 0 Å². The third kappa shape index (κ3) is 7.03. The summed E-state index contributed by atoms with van der Waals surface area (Å²) >= 11 is 0. The van der Waals surface area contributed by atoms with Gasteiger partial charge in [0, 0.05) is 13.2 Å². The van der Waals surface area contributed by atoms with Crippen LogP contribution in [-0.4, -0.2) is 26.3 Å².